The molecule has 0 radical (unpaired) electrons. The van der Waals surface area contributed by atoms with E-state index in [1.165, 1.54) is 44.9 Å². The lowest BCUT2D eigenvalue weighted by Gasteiger charge is -2.20. The number of hydrogen-bond acceptors (Lipinski definition) is 3. The van der Waals surface area contributed by atoms with Gasteiger partial charge in [-0.05, 0) is 50.3 Å². The normalized spacial score (nSPS) is 17.9. The van der Waals surface area contributed by atoms with Gasteiger partial charge >= 0.3 is 0 Å². The van der Waals surface area contributed by atoms with Gasteiger partial charge in [0.05, 0.1) is 13.2 Å². The van der Waals surface area contributed by atoms with E-state index in [0.717, 1.165) is 5.56 Å². The van der Waals surface area contributed by atoms with Gasteiger partial charge in [-0.25, -0.2) is 0 Å². The summed E-state index contributed by atoms with van der Waals surface area (Å²) in [6, 6.07) is 6.50. The zero-order valence-electron chi connectivity index (χ0n) is 15.7. The van der Waals surface area contributed by atoms with E-state index in [2.05, 4.69) is 5.32 Å². The Bertz CT molecular complexity index is 522. The Morgan fingerprint density at radius 1 is 1.16 bits per heavy atom. The van der Waals surface area contributed by atoms with Crippen molar-refractivity contribution in [3.63, 3.8) is 0 Å². The van der Waals surface area contributed by atoms with Gasteiger partial charge in [0.25, 0.3) is 0 Å². The number of aliphatic hydroxyl groups excluding tert-OH is 1. The van der Waals surface area contributed by atoms with Gasteiger partial charge in [-0.2, -0.15) is 0 Å². The van der Waals surface area contributed by atoms with E-state index in [1.807, 2.05) is 37.3 Å². The van der Waals surface area contributed by atoms with Crippen LogP contribution < -0.4 is 14.8 Å². The van der Waals surface area contributed by atoms with Crippen molar-refractivity contribution in [3.8, 4) is 11.5 Å². The fraction of sp³-hybridized carbons (Fsp3) is 0.619. The molecule has 1 saturated carbocycles. The number of allylic oxidation sites excluding steroid dienone is 1. The molecule has 3 N–H and O–H groups in total. The standard InChI is InChI=1S/C21H33NO3/c1-3-9-17-12-13-20(21(14-17)24-2)25-16-19(23)15-22-18-10-7-5-4-6-8-11-18/h3,9,12-14,18-19,22-23H,4-8,10-11,15-16H2,1-2H3/p+1/b9-3+/t19-/m0/s1. The van der Waals surface area contributed by atoms with Gasteiger partial charge in [0, 0.05) is 0 Å². The SMILES string of the molecule is C/C=C/c1ccc(OC[C@@H](O)C[NH2+]C2CCCCCCC2)c(OC)c1. The second-order valence-corrected chi connectivity index (χ2v) is 6.95. The van der Waals surface area contributed by atoms with Crippen LogP contribution in [0.1, 0.15) is 57.4 Å². The smallest absolute Gasteiger partial charge is 0.161 e. The van der Waals surface area contributed by atoms with Crippen molar-refractivity contribution in [2.24, 2.45) is 0 Å². The zero-order valence-corrected chi connectivity index (χ0v) is 15.7. The molecule has 140 valence electrons. The van der Waals surface area contributed by atoms with E-state index >= 15 is 0 Å². The molecule has 1 aliphatic rings. The van der Waals surface area contributed by atoms with E-state index in [-0.39, 0.29) is 0 Å². The zero-order chi connectivity index (χ0) is 17.9. The molecule has 1 aromatic rings. The number of hydrogen-bond donors (Lipinski definition) is 2. The molecule has 0 aliphatic heterocycles. The molecule has 1 fully saturated rings. The number of benzene rings is 1. The predicted octanol–water partition coefficient (Wildman–Crippen LogP) is 3.14. The van der Waals surface area contributed by atoms with Crippen molar-refractivity contribution in [1.82, 2.24) is 0 Å². The van der Waals surface area contributed by atoms with Crippen LogP contribution in [0, 0.1) is 0 Å². The summed E-state index contributed by atoms with van der Waals surface area (Å²) in [5, 5.41) is 12.6. The van der Waals surface area contributed by atoms with Gasteiger partial charge in [0.1, 0.15) is 19.3 Å². The van der Waals surface area contributed by atoms with Crippen molar-refractivity contribution in [1.29, 1.82) is 0 Å². The van der Waals surface area contributed by atoms with Crippen LogP contribution in [-0.2, 0) is 0 Å². The first-order chi connectivity index (χ1) is 12.2. The van der Waals surface area contributed by atoms with E-state index in [4.69, 9.17) is 9.47 Å². The molecule has 0 saturated heterocycles. The van der Waals surface area contributed by atoms with Crippen LogP contribution in [0.15, 0.2) is 24.3 Å². The van der Waals surface area contributed by atoms with Crippen molar-refractivity contribution >= 4 is 6.08 Å². The lowest BCUT2D eigenvalue weighted by Crippen LogP contribution is -2.92. The maximum atomic E-state index is 10.3. The number of nitrogens with two attached hydrogens (primary N) is 1. The maximum absolute atomic E-state index is 10.3. The van der Waals surface area contributed by atoms with Gasteiger partial charge < -0.3 is 19.9 Å². The topological polar surface area (TPSA) is 55.3 Å². The van der Waals surface area contributed by atoms with Crippen LogP contribution in [-0.4, -0.2) is 37.5 Å². The first-order valence-electron chi connectivity index (χ1n) is 9.68. The van der Waals surface area contributed by atoms with Gasteiger partial charge in [0.2, 0.25) is 0 Å². The maximum Gasteiger partial charge on any atom is 0.161 e. The highest BCUT2D eigenvalue weighted by atomic mass is 16.5. The molecule has 4 heteroatoms. The summed E-state index contributed by atoms with van der Waals surface area (Å²) in [5.41, 5.74) is 1.07. The van der Waals surface area contributed by atoms with Crippen LogP contribution in [0.4, 0.5) is 0 Å². The van der Waals surface area contributed by atoms with Gasteiger partial charge in [0.15, 0.2) is 11.5 Å². The minimum Gasteiger partial charge on any atom is -0.493 e. The number of rotatable bonds is 8. The highest BCUT2D eigenvalue weighted by Crippen LogP contribution is 2.28. The van der Waals surface area contributed by atoms with Crippen molar-refractivity contribution in [3.05, 3.63) is 29.8 Å². The summed E-state index contributed by atoms with van der Waals surface area (Å²) in [4.78, 5) is 0. The Morgan fingerprint density at radius 2 is 1.88 bits per heavy atom. The minimum atomic E-state index is -0.467. The Balaban J connectivity index is 1.78. The second-order valence-electron chi connectivity index (χ2n) is 6.95. The number of ether oxygens (including phenoxy) is 2. The third-order valence-corrected chi connectivity index (χ3v) is 4.87. The molecule has 0 unspecified atom stereocenters. The molecule has 1 aromatic carbocycles. The Kier molecular flexibility index (Phi) is 8.84. The first kappa shape index (κ1) is 19.8. The summed E-state index contributed by atoms with van der Waals surface area (Å²) in [6.07, 6.45) is 12.8. The molecule has 0 aromatic heterocycles. The molecule has 2 rings (SSSR count). The molecule has 0 bridgehead atoms. The highest BCUT2D eigenvalue weighted by molar-refractivity contribution is 5.55. The lowest BCUT2D eigenvalue weighted by molar-refractivity contribution is -0.696. The molecule has 1 atom stereocenters. The Labute approximate surface area is 152 Å². The summed E-state index contributed by atoms with van der Waals surface area (Å²) >= 11 is 0. The summed E-state index contributed by atoms with van der Waals surface area (Å²) in [5.74, 6) is 1.38. The summed E-state index contributed by atoms with van der Waals surface area (Å²) < 4.78 is 11.2. The molecule has 25 heavy (non-hydrogen) atoms. The number of quaternary nitrogens is 1. The quantitative estimate of drug-likeness (QED) is 0.759. The third-order valence-electron chi connectivity index (χ3n) is 4.87. The number of methoxy groups -OCH3 is 1. The molecular formula is C21H34NO3+. The van der Waals surface area contributed by atoms with Crippen molar-refractivity contribution in [2.45, 2.75) is 64.0 Å². The lowest BCUT2D eigenvalue weighted by atomic mass is 9.96. The average Bonchev–Trinajstić information content (AvgIpc) is 2.59. The Hall–Kier alpha value is -1.52. The summed E-state index contributed by atoms with van der Waals surface area (Å²) in [6.45, 7) is 2.98. The highest BCUT2D eigenvalue weighted by Gasteiger charge is 2.17. The fourth-order valence-electron chi connectivity index (χ4n) is 3.43. The molecule has 0 heterocycles. The van der Waals surface area contributed by atoms with E-state index in [0.29, 0.717) is 30.7 Å². The van der Waals surface area contributed by atoms with Crippen LogP contribution in [0.25, 0.3) is 6.08 Å². The summed E-state index contributed by atoms with van der Waals surface area (Å²) in [7, 11) is 1.64. The Morgan fingerprint density at radius 3 is 2.56 bits per heavy atom. The largest absolute Gasteiger partial charge is 0.493 e. The molecule has 0 amide bonds. The number of aliphatic hydroxyl groups is 1. The van der Waals surface area contributed by atoms with Gasteiger partial charge in [-0.15, -0.1) is 0 Å². The minimum absolute atomic E-state index is 0.294. The van der Waals surface area contributed by atoms with Crippen LogP contribution in [0.3, 0.4) is 0 Å². The predicted molar refractivity (Wildman–Crippen MR) is 102 cm³/mol. The molecule has 0 spiro atoms. The fourth-order valence-corrected chi connectivity index (χ4v) is 3.43. The van der Waals surface area contributed by atoms with Crippen LogP contribution in [0.5, 0.6) is 11.5 Å². The van der Waals surface area contributed by atoms with E-state index < -0.39 is 6.10 Å². The molecule has 4 nitrogen and oxygen atoms in total. The van der Waals surface area contributed by atoms with Crippen LogP contribution >= 0.6 is 0 Å². The first-order valence-corrected chi connectivity index (χ1v) is 9.68. The van der Waals surface area contributed by atoms with Crippen LogP contribution in [0.2, 0.25) is 0 Å². The van der Waals surface area contributed by atoms with Gasteiger partial charge in [-0.3, -0.25) is 0 Å². The van der Waals surface area contributed by atoms with E-state index in [1.54, 1.807) is 7.11 Å². The van der Waals surface area contributed by atoms with Crippen molar-refractivity contribution in [2.75, 3.05) is 20.3 Å². The molecule has 1 aliphatic carbocycles. The van der Waals surface area contributed by atoms with Crippen molar-refractivity contribution < 1.29 is 19.9 Å². The monoisotopic (exact) mass is 348 g/mol. The van der Waals surface area contributed by atoms with E-state index in [9.17, 15) is 5.11 Å². The average molecular weight is 349 g/mol. The second kappa shape index (κ2) is 11.2. The van der Waals surface area contributed by atoms with Gasteiger partial charge in [-0.1, -0.05) is 37.5 Å². The third kappa shape index (κ3) is 7.09. The molecular weight excluding hydrogens is 314 g/mol.